The van der Waals surface area contributed by atoms with Gasteiger partial charge >= 0.3 is 0 Å². The molecule has 3 fully saturated rings. The summed E-state index contributed by atoms with van der Waals surface area (Å²) in [5.41, 5.74) is -0.304. The number of ketones is 1. The molecule has 2 aliphatic carbocycles. The van der Waals surface area contributed by atoms with E-state index in [1.54, 1.807) is 18.2 Å². The minimum Gasteiger partial charge on any atom is -0.497 e. The van der Waals surface area contributed by atoms with E-state index < -0.39 is 81.3 Å². The highest BCUT2D eigenvalue weighted by molar-refractivity contribution is 7.91. The van der Waals surface area contributed by atoms with Gasteiger partial charge in [0.1, 0.15) is 23.3 Å². The second kappa shape index (κ2) is 14.9. The molecule has 3 heterocycles. The molecule has 1 saturated heterocycles. The van der Waals surface area contributed by atoms with Crippen molar-refractivity contribution in [2.75, 3.05) is 20.3 Å². The molecular formula is C37H47F3N4O7S. The molecule has 284 valence electrons. The number of Topliss-reactive ketones (excluding diaryl/α,β-unsaturated/α-hetero) is 1. The lowest BCUT2D eigenvalue weighted by atomic mass is 9.81. The molecule has 2 saturated carbocycles. The number of amides is 2. The smallest absolute Gasteiger partial charge is 0.243 e. The number of halogens is 3. The van der Waals surface area contributed by atoms with Crippen LogP contribution in [0.2, 0.25) is 0 Å². The van der Waals surface area contributed by atoms with Gasteiger partial charge in [0.25, 0.3) is 0 Å². The average Bonchev–Trinajstić information content (AvgIpc) is 4.01. The molecule has 0 spiro atoms. The first-order chi connectivity index (χ1) is 24.7. The van der Waals surface area contributed by atoms with Gasteiger partial charge in [-0.2, -0.15) is 0 Å². The Balaban J connectivity index is 1.31. The SMILES string of the molecule is COc1ccc2ncc(O[C@@H]3CC4C(=O)C[C@]5(C(=O)NS(=O)(=O)C6(CF)CC6)C[C@H]5/C=C\CC[C@@H](C)C[C@@H](C)[C@H](CCC(F)F)C(=O)N4C3)nc2c1. The Morgan fingerprint density at radius 1 is 1.15 bits per heavy atom. The Labute approximate surface area is 302 Å². The predicted molar refractivity (Wildman–Crippen MR) is 186 cm³/mol. The maximum atomic E-state index is 14.5. The summed E-state index contributed by atoms with van der Waals surface area (Å²) in [4.78, 5) is 53.0. The maximum Gasteiger partial charge on any atom is 0.243 e. The van der Waals surface area contributed by atoms with Crippen LogP contribution in [-0.2, 0) is 24.4 Å². The van der Waals surface area contributed by atoms with Gasteiger partial charge in [0.15, 0.2) is 5.78 Å². The van der Waals surface area contributed by atoms with E-state index in [0.717, 1.165) is 6.42 Å². The van der Waals surface area contributed by atoms with Crippen molar-refractivity contribution in [1.82, 2.24) is 19.6 Å². The number of carbonyl (C=O) groups excluding carboxylic acids is 3. The Morgan fingerprint density at radius 3 is 2.62 bits per heavy atom. The number of ether oxygens (including phenoxy) is 2. The average molecular weight is 749 g/mol. The third-order valence-corrected chi connectivity index (χ3v) is 13.6. The van der Waals surface area contributed by atoms with E-state index in [4.69, 9.17) is 9.47 Å². The summed E-state index contributed by atoms with van der Waals surface area (Å²) in [6, 6.07) is 4.12. The third kappa shape index (κ3) is 7.79. The largest absolute Gasteiger partial charge is 0.497 e. The summed E-state index contributed by atoms with van der Waals surface area (Å²) in [5.74, 6) is -2.37. The van der Waals surface area contributed by atoms with Crippen LogP contribution in [0.1, 0.15) is 78.1 Å². The van der Waals surface area contributed by atoms with Gasteiger partial charge in [-0.3, -0.25) is 19.1 Å². The highest BCUT2D eigenvalue weighted by atomic mass is 32.2. The number of nitrogens with zero attached hydrogens (tertiary/aromatic N) is 3. The highest BCUT2D eigenvalue weighted by Gasteiger charge is 2.63. The number of carbonyl (C=O) groups is 3. The van der Waals surface area contributed by atoms with Crippen LogP contribution in [-0.4, -0.2) is 84.5 Å². The van der Waals surface area contributed by atoms with Crippen molar-refractivity contribution in [2.24, 2.45) is 29.1 Å². The number of nitrogens with one attached hydrogen (secondary N) is 1. The van der Waals surface area contributed by atoms with Crippen molar-refractivity contribution < 1.29 is 45.4 Å². The summed E-state index contributed by atoms with van der Waals surface area (Å²) in [5, 5.41) is 0. The number of rotatable bonds is 10. The number of sulfonamides is 1. The predicted octanol–water partition coefficient (Wildman–Crippen LogP) is 5.57. The molecule has 52 heavy (non-hydrogen) atoms. The number of aromatic nitrogens is 2. The van der Waals surface area contributed by atoms with Gasteiger partial charge in [-0.05, 0) is 74.8 Å². The second-order valence-corrected chi connectivity index (χ2v) is 17.4. The van der Waals surface area contributed by atoms with Crippen LogP contribution in [0, 0.1) is 29.1 Å². The van der Waals surface area contributed by atoms with Crippen LogP contribution in [0.4, 0.5) is 13.2 Å². The van der Waals surface area contributed by atoms with Crippen molar-refractivity contribution in [3.8, 4) is 11.6 Å². The monoisotopic (exact) mass is 748 g/mol. The number of methoxy groups -OCH3 is 1. The van der Waals surface area contributed by atoms with Crippen molar-refractivity contribution >= 4 is 38.7 Å². The van der Waals surface area contributed by atoms with Crippen molar-refractivity contribution in [3.63, 3.8) is 0 Å². The Morgan fingerprint density at radius 2 is 1.92 bits per heavy atom. The van der Waals surface area contributed by atoms with Gasteiger partial charge in [-0.15, -0.1) is 0 Å². The van der Waals surface area contributed by atoms with Crippen LogP contribution >= 0.6 is 0 Å². The lowest BCUT2D eigenvalue weighted by Gasteiger charge is -2.32. The van der Waals surface area contributed by atoms with E-state index in [0.29, 0.717) is 29.6 Å². The summed E-state index contributed by atoms with van der Waals surface area (Å²) in [6.07, 6.45) is 3.43. The van der Waals surface area contributed by atoms with Gasteiger partial charge < -0.3 is 14.4 Å². The second-order valence-electron chi connectivity index (χ2n) is 15.3. The molecule has 11 nitrogen and oxygen atoms in total. The van der Waals surface area contributed by atoms with Crippen LogP contribution in [0.15, 0.2) is 36.5 Å². The molecule has 2 aliphatic heterocycles. The molecule has 7 atom stereocenters. The summed E-state index contributed by atoms with van der Waals surface area (Å²) in [7, 11) is -2.82. The molecule has 6 rings (SSSR count). The standard InChI is InChI=1S/C37H47F3N4O7S/c1-22-6-4-5-7-24-17-37(24,35(47)43-52(48,49)36(21-38)12-13-36)18-31(45)30-16-26(20-44(30)34(46)27(23(2)14-22)9-11-32(39)40)51-33-19-41-28-10-8-25(50-3)15-29(28)42-33/h5,7-8,10,15,19,22-24,26-27,30,32H,4,6,9,11-14,16-18,20-21H2,1-3H3,(H,43,47)/b7-5-/t22-,23-,24-,26-,27+,30?,37-/m1/s1. The van der Waals surface area contributed by atoms with Gasteiger partial charge in [-0.1, -0.05) is 26.0 Å². The third-order valence-electron chi connectivity index (χ3n) is 11.5. The molecule has 4 aliphatic rings. The molecule has 1 N–H and O–H groups in total. The minimum atomic E-state index is -4.34. The lowest BCUT2D eigenvalue weighted by Crippen LogP contribution is -2.48. The Kier molecular flexibility index (Phi) is 10.9. The van der Waals surface area contributed by atoms with E-state index >= 15 is 0 Å². The molecule has 1 unspecified atom stereocenters. The number of hydrogen-bond donors (Lipinski definition) is 1. The zero-order valence-electron chi connectivity index (χ0n) is 29.7. The highest BCUT2D eigenvalue weighted by Crippen LogP contribution is 2.58. The first kappa shape index (κ1) is 38.0. The van der Waals surface area contributed by atoms with Gasteiger partial charge in [0.05, 0.1) is 42.3 Å². The zero-order valence-corrected chi connectivity index (χ0v) is 30.5. The minimum absolute atomic E-state index is 0.0313. The number of hydrogen-bond acceptors (Lipinski definition) is 9. The number of benzene rings is 1. The molecule has 2 amide bonds. The van der Waals surface area contributed by atoms with E-state index in [2.05, 4.69) is 14.7 Å². The molecule has 1 aromatic carbocycles. The fourth-order valence-corrected chi connectivity index (χ4v) is 9.44. The van der Waals surface area contributed by atoms with Gasteiger partial charge in [-0.25, -0.2) is 31.6 Å². The first-order valence-corrected chi connectivity index (χ1v) is 19.6. The van der Waals surface area contributed by atoms with Crippen LogP contribution < -0.4 is 14.2 Å². The summed E-state index contributed by atoms with van der Waals surface area (Å²) >= 11 is 0. The van der Waals surface area contributed by atoms with Gasteiger partial charge in [0.2, 0.25) is 34.1 Å². The first-order valence-electron chi connectivity index (χ1n) is 18.1. The van der Waals surface area contributed by atoms with E-state index in [1.165, 1.54) is 18.2 Å². The quantitative estimate of drug-likeness (QED) is 0.308. The molecule has 2 aromatic rings. The molecule has 0 radical (unpaired) electrons. The molecule has 15 heteroatoms. The molecule has 1 aromatic heterocycles. The normalized spacial score (nSPS) is 31.2. The van der Waals surface area contributed by atoms with Crippen molar-refractivity contribution in [1.29, 1.82) is 0 Å². The van der Waals surface area contributed by atoms with Crippen LogP contribution in [0.25, 0.3) is 11.0 Å². The lowest BCUT2D eigenvalue weighted by molar-refractivity contribution is -0.143. The van der Waals surface area contributed by atoms with Crippen molar-refractivity contribution in [2.45, 2.75) is 101 Å². The van der Waals surface area contributed by atoms with E-state index in [-0.39, 0.29) is 62.8 Å². The number of allylic oxidation sites excluding steroid dienone is 2. The Hall–Kier alpha value is -3.75. The summed E-state index contributed by atoms with van der Waals surface area (Å²) in [6.45, 7) is 2.78. The van der Waals surface area contributed by atoms with Crippen LogP contribution in [0.3, 0.4) is 0 Å². The van der Waals surface area contributed by atoms with Crippen LogP contribution in [0.5, 0.6) is 11.6 Å². The number of fused-ring (bicyclic) bond motifs is 3. The van der Waals surface area contributed by atoms with Crippen molar-refractivity contribution in [3.05, 3.63) is 36.5 Å². The van der Waals surface area contributed by atoms with Gasteiger partial charge in [0, 0.05) is 31.2 Å². The maximum absolute atomic E-state index is 14.5. The Bertz CT molecular complexity index is 1820. The fraction of sp³-hybridized carbons (Fsp3) is 0.649. The fourth-order valence-electron chi connectivity index (χ4n) is 7.99. The van der Waals surface area contributed by atoms with E-state index in [1.807, 2.05) is 26.0 Å². The zero-order chi connectivity index (χ0) is 37.4. The summed E-state index contributed by atoms with van der Waals surface area (Å²) < 4.78 is 79.1. The topological polar surface area (TPSA) is 145 Å². The van der Waals surface area contributed by atoms with E-state index in [9.17, 15) is 36.0 Å². The molecule has 0 bridgehead atoms. The molecular weight excluding hydrogens is 701 g/mol. The number of alkyl halides is 3.